The molecule has 3 rings (SSSR count). The van der Waals surface area contributed by atoms with Crippen molar-refractivity contribution < 1.29 is 14.7 Å². The van der Waals surface area contributed by atoms with Gasteiger partial charge in [0.25, 0.3) is 5.91 Å². The number of carboxylic acid groups (broad SMARTS) is 1. The number of thiazole rings is 1. The molecule has 1 saturated carbocycles. The topological polar surface area (TPSA) is 79.3 Å². The molecule has 0 aliphatic heterocycles. The lowest BCUT2D eigenvalue weighted by Crippen LogP contribution is -2.40. The fourth-order valence-corrected chi connectivity index (χ4v) is 4.69. The molecule has 2 aromatic rings. The molecule has 2 N–H and O–H groups in total. The summed E-state index contributed by atoms with van der Waals surface area (Å²) < 4.78 is 0. The molecule has 1 aliphatic carbocycles. The molecule has 1 aromatic carbocycles. The van der Waals surface area contributed by atoms with Crippen molar-refractivity contribution in [1.29, 1.82) is 0 Å². The molecule has 138 valence electrons. The van der Waals surface area contributed by atoms with Gasteiger partial charge < -0.3 is 10.4 Å². The molecule has 1 fully saturated rings. The molecule has 5 nitrogen and oxygen atoms in total. The maximum atomic E-state index is 12.7. The third-order valence-corrected chi connectivity index (χ3v) is 6.29. The lowest BCUT2D eigenvalue weighted by molar-refractivity contribution is -0.140. The van der Waals surface area contributed by atoms with Crippen LogP contribution in [0.15, 0.2) is 30.3 Å². The SMILES string of the molecule is Cc1nc(-c2ccccc2)sc1C(=O)NCC1(CC(=O)O)CCCCC1. The molecule has 0 spiro atoms. The average Bonchev–Trinajstić information content (AvgIpc) is 3.03. The number of hydrogen-bond donors (Lipinski definition) is 2. The first kappa shape index (κ1) is 18.6. The second kappa shape index (κ2) is 7.99. The highest BCUT2D eigenvalue weighted by atomic mass is 32.1. The number of aliphatic carboxylic acids is 1. The van der Waals surface area contributed by atoms with E-state index in [1.54, 1.807) is 0 Å². The second-order valence-electron chi connectivity index (χ2n) is 7.11. The van der Waals surface area contributed by atoms with E-state index in [0.717, 1.165) is 42.7 Å². The van der Waals surface area contributed by atoms with Gasteiger partial charge in [0.15, 0.2) is 0 Å². The van der Waals surface area contributed by atoms with Crippen LogP contribution in [0, 0.1) is 12.3 Å². The first-order chi connectivity index (χ1) is 12.5. The Morgan fingerprint density at radius 1 is 1.19 bits per heavy atom. The Morgan fingerprint density at radius 3 is 2.54 bits per heavy atom. The predicted octanol–water partition coefficient (Wildman–Crippen LogP) is 4.27. The fourth-order valence-electron chi connectivity index (χ4n) is 3.70. The molecule has 1 amide bonds. The van der Waals surface area contributed by atoms with Crippen LogP contribution in [0.4, 0.5) is 0 Å². The fraction of sp³-hybridized carbons (Fsp3) is 0.450. The molecule has 1 heterocycles. The molecule has 6 heteroatoms. The quantitative estimate of drug-likeness (QED) is 0.793. The number of nitrogens with one attached hydrogen (secondary N) is 1. The number of aromatic nitrogens is 1. The summed E-state index contributed by atoms with van der Waals surface area (Å²) in [6.45, 7) is 2.25. The number of hydrogen-bond acceptors (Lipinski definition) is 4. The van der Waals surface area contributed by atoms with Crippen LogP contribution in [0.2, 0.25) is 0 Å². The zero-order valence-corrected chi connectivity index (χ0v) is 15.8. The van der Waals surface area contributed by atoms with E-state index in [-0.39, 0.29) is 17.7 Å². The van der Waals surface area contributed by atoms with Crippen molar-refractivity contribution in [2.45, 2.75) is 45.4 Å². The first-order valence-corrected chi connectivity index (χ1v) is 9.84. The van der Waals surface area contributed by atoms with Gasteiger partial charge in [0, 0.05) is 12.1 Å². The summed E-state index contributed by atoms with van der Waals surface area (Å²) in [7, 11) is 0. The summed E-state index contributed by atoms with van der Waals surface area (Å²) in [6, 6.07) is 9.80. The summed E-state index contributed by atoms with van der Waals surface area (Å²) >= 11 is 1.38. The lowest BCUT2D eigenvalue weighted by Gasteiger charge is -2.36. The monoisotopic (exact) mass is 372 g/mol. The largest absolute Gasteiger partial charge is 0.481 e. The minimum absolute atomic E-state index is 0.115. The van der Waals surface area contributed by atoms with E-state index < -0.39 is 5.97 Å². The van der Waals surface area contributed by atoms with Gasteiger partial charge in [-0.25, -0.2) is 4.98 Å². The maximum absolute atomic E-state index is 12.7. The van der Waals surface area contributed by atoms with Crippen LogP contribution in [0.5, 0.6) is 0 Å². The highest BCUT2D eigenvalue weighted by Crippen LogP contribution is 2.39. The molecular weight excluding hydrogens is 348 g/mol. The summed E-state index contributed by atoms with van der Waals surface area (Å²) in [5, 5.41) is 13.1. The molecule has 1 aromatic heterocycles. The summed E-state index contributed by atoms with van der Waals surface area (Å²) in [6.07, 6.45) is 5.03. The normalized spacial score (nSPS) is 16.2. The van der Waals surface area contributed by atoms with Gasteiger partial charge >= 0.3 is 5.97 Å². The van der Waals surface area contributed by atoms with Crippen LogP contribution in [-0.4, -0.2) is 28.5 Å². The highest BCUT2D eigenvalue weighted by molar-refractivity contribution is 7.17. The molecule has 0 atom stereocenters. The van der Waals surface area contributed by atoms with Crippen LogP contribution in [0.3, 0.4) is 0 Å². The zero-order valence-electron chi connectivity index (χ0n) is 15.0. The number of carbonyl (C=O) groups excluding carboxylic acids is 1. The van der Waals surface area contributed by atoms with Crippen molar-refractivity contribution in [3.05, 3.63) is 40.9 Å². The Balaban J connectivity index is 1.71. The van der Waals surface area contributed by atoms with Gasteiger partial charge in [-0.1, -0.05) is 49.6 Å². The Morgan fingerprint density at radius 2 is 1.88 bits per heavy atom. The van der Waals surface area contributed by atoms with E-state index in [1.165, 1.54) is 11.3 Å². The van der Waals surface area contributed by atoms with Crippen LogP contribution < -0.4 is 5.32 Å². The van der Waals surface area contributed by atoms with Crippen LogP contribution in [0.25, 0.3) is 10.6 Å². The standard InChI is InChI=1S/C20H24N2O3S/c1-14-17(26-19(22-14)15-8-4-2-5-9-15)18(25)21-13-20(12-16(23)24)10-6-3-7-11-20/h2,4-5,8-9H,3,6-7,10-13H2,1H3,(H,21,25)(H,23,24). The first-order valence-electron chi connectivity index (χ1n) is 9.02. The molecule has 0 radical (unpaired) electrons. The summed E-state index contributed by atoms with van der Waals surface area (Å²) in [5.74, 6) is -0.945. The number of aryl methyl sites for hydroxylation is 1. The minimum Gasteiger partial charge on any atom is -0.481 e. The van der Waals surface area contributed by atoms with Crippen molar-refractivity contribution in [2.24, 2.45) is 5.41 Å². The van der Waals surface area contributed by atoms with Crippen LogP contribution >= 0.6 is 11.3 Å². The van der Waals surface area contributed by atoms with Crippen molar-refractivity contribution in [1.82, 2.24) is 10.3 Å². The Labute approximate surface area is 157 Å². The van der Waals surface area contributed by atoms with Gasteiger partial charge in [-0.05, 0) is 25.2 Å². The third kappa shape index (κ3) is 4.30. The predicted molar refractivity (Wildman–Crippen MR) is 102 cm³/mol. The van der Waals surface area contributed by atoms with Crippen LogP contribution in [0.1, 0.15) is 53.9 Å². The van der Waals surface area contributed by atoms with Gasteiger partial charge in [0.1, 0.15) is 9.88 Å². The van der Waals surface area contributed by atoms with E-state index >= 15 is 0 Å². The molecule has 26 heavy (non-hydrogen) atoms. The van der Waals surface area contributed by atoms with E-state index in [9.17, 15) is 14.7 Å². The highest BCUT2D eigenvalue weighted by Gasteiger charge is 2.35. The minimum atomic E-state index is -0.790. The van der Waals surface area contributed by atoms with Gasteiger partial charge in [0.2, 0.25) is 0 Å². The van der Waals surface area contributed by atoms with Crippen molar-refractivity contribution >= 4 is 23.2 Å². The smallest absolute Gasteiger partial charge is 0.303 e. The van der Waals surface area contributed by atoms with Crippen molar-refractivity contribution in [3.8, 4) is 10.6 Å². The Kier molecular flexibility index (Phi) is 5.71. The Hall–Kier alpha value is -2.21. The van der Waals surface area contributed by atoms with Gasteiger partial charge in [-0.15, -0.1) is 11.3 Å². The zero-order chi connectivity index (χ0) is 18.6. The van der Waals surface area contributed by atoms with Crippen molar-refractivity contribution in [3.63, 3.8) is 0 Å². The van der Waals surface area contributed by atoms with Gasteiger partial charge in [0.05, 0.1) is 12.1 Å². The summed E-state index contributed by atoms with van der Waals surface area (Å²) in [4.78, 5) is 29.1. The van der Waals surface area contributed by atoms with E-state index in [4.69, 9.17) is 0 Å². The second-order valence-corrected chi connectivity index (χ2v) is 8.11. The molecule has 0 bridgehead atoms. The van der Waals surface area contributed by atoms with E-state index in [2.05, 4.69) is 10.3 Å². The van der Waals surface area contributed by atoms with Crippen molar-refractivity contribution in [2.75, 3.05) is 6.54 Å². The molecule has 1 aliphatic rings. The number of carbonyl (C=O) groups is 2. The third-order valence-electron chi connectivity index (χ3n) is 5.09. The summed E-state index contributed by atoms with van der Waals surface area (Å²) in [5.41, 5.74) is 1.39. The number of benzene rings is 1. The molecule has 0 unspecified atom stereocenters. The molecular formula is C20H24N2O3S. The Bertz CT molecular complexity index is 780. The van der Waals surface area contributed by atoms with E-state index in [1.807, 2.05) is 37.3 Å². The number of rotatable bonds is 6. The molecule has 0 saturated heterocycles. The average molecular weight is 372 g/mol. The number of amides is 1. The van der Waals surface area contributed by atoms with E-state index in [0.29, 0.717) is 17.1 Å². The number of nitrogens with zero attached hydrogens (tertiary/aromatic N) is 1. The van der Waals surface area contributed by atoms with Crippen LogP contribution in [-0.2, 0) is 4.79 Å². The van der Waals surface area contributed by atoms with Gasteiger partial charge in [-0.3, -0.25) is 9.59 Å². The maximum Gasteiger partial charge on any atom is 0.303 e. The van der Waals surface area contributed by atoms with Gasteiger partial charge in [-0.2, -0.15) is 0 Å². The number of carboxylic acids is 1. The lowest BCUT2D eigenvalue weighted by atomic mass is 9.71.